The van der Waals surface area contributed by atoms with Crippen LogP contribution >= 0.6 is 0 Å². The molecule has 0 amide bonds. The van der Waals surface area contributed by atoms with Crippen molar-refractivity contribution < 1.29 is 21.6 Å². The summed E-state index contributed by atoms with van der Waals surface area (Å²) in [6.45, 7) is 0.414. The first-order valence-electron chi connectivity index (χ1n) is 6.64. The number of rotatable bonds is 9. The lowest BCUT2D eigenvalue weighted by molar-refractivity contribution is 0.411. The third kappa shape index (κ3) is 7.21. The van der Waals surface area contributed by atoms with Gasteiger partial charge in [-0.2, -0.15) is 0 Å². The van der Waals surface area contributed by atoms with Crippen molar-refractivity contribution in [3.05, 3.63) is 29.8 Å². The minimum absolute atomic E-state index is 0.0456. The Kier molecular flexibility index (Phi) is 6.79. The molecule has 22 heavy (non-hydrogen) atoms. The fraction of sp³-hybridized carbons (Fsp3) is 0.538. The number of ether oxygens (including phenoxy) is 1. The van der Waals surface area contributed by atoms with Crippen LogP contribution in [-0.4, -0.2) is 60.4 Å². The summed E-state index contributed by atoms with van der Waals surface area (Å²) in [7, 11) is -5.16. The van der Waals surface area contributed by atoms with E-state index in [9.17, 15) is 16.8 Å². The average Bonchev–Trinajstić information content (AvgIpc) is 2.40. The van der Waals surface area contributed by atoms with Crippen LogP contribution in [0.15, 0.2) is 24.3 Å². The van der Waals surface area contributed by atoms with Crippen LogP contribution < -0.4 is 9.46 Å². The van der Waals surface area contributed by atoms with E-state index in [4.69, 9.17) is 4.74 Å². The second kappa shape index (κ2) is 7.91. The van der Waals surface area contributed by atoms with Gasteiger partial charge >= 0.3 is 0 Å². The fourth-order valence-corrected chi connectivity index (χ4v) is 3.19. The number of hydrogen-bond acceptors (Lipinski definition) is 5. The summed E-state index contributed by atoms with van der Waals surface area (Å²) < 4.78 is 54.2. The molecule has 0 aromatic heterocycles. The predicted molar refractivity (Wildman–Crippen MR) is 86.0 cm³/mol. The molecular formula is C13H22N2O5S2. The van der Waals surface area contributed by atoms with Crippen molar-refractivity contribution in [1.82, 2.24) is 9.03 Å². The summed E-state index contributed by atoms with van der Waals surface area (Å²) in [5, 5.41) is 0. The van der Waals surface area contributed by atoms with Gasteiger partial charge in [0.25, 0.3) is 0 Å². The van der Waals surface area contributed by atoms with Crippen molar-refractivity contribution in [1.29, 1.82) is 0 Å². The molecular weight excluding hydrogens is 328 g/mol. The van der Waals surface area contributed by atoms with Crippen LogP contribution in [0, 0.1) is 0 Å². The van der Waals surface area contributed by atoms with Crippen molar-refractivity contribution in [2.24, 2.45) is 0 Å². The molecule has 0 bridgehead atoms. The summed E-state index contributed by atoms with van der Waals surface area (Å²) in [4.78, 5) is 0. The van der Waals surface area contributed by atoms with Crippen LogP contribution in [0.3, 0.4) is 0 Å². The maximum atomic E-state index is 11.8. The second-order valence-corrected chi connectivity index (χ2v) is 8.75. The molecule has 0 spiro atoms. The number of sulfonamides is 2. The van der Waals surface area contributed by atoms with Crippen molar-refractivity contribution in [2.75, 3.05) is 39.3 Å². The van der Waals surface area contributed by atoms with E-state index in [1.54, 1.807) is 7.11 Å². The summed E-state index contributed by atoms with van der Waals surface area (Å²) in [5.41, 5.74) is 0.948. The third-order valence-electron chi connectivity index (χ3n) is 2.98. The van der Waals surface area contributed by atoms with E-state index in [1.165, 1.54) is 4.31 Å². The van der Waals surface area contributed by atoms with Crippen molar-refractivity contribution in [2.45, 2.75) is 6.42 Å². The Balaban J connectivity index is 2.65. The van der Waals surface area contributed by atoms with Crippen LogP contribution in [0.2, 0.25) is 0 Å². The van der Waals surface area contributed by atoms with Gasteiger partial charge < -0.3 is 4.74 Å². The van der Waals surface area contributed by atoms with Crippen LogP contribution in [0.1, 0.15) is 5.56 Å². The Morgan fingerprint density at radius 2 is 1.82 bits per heavy atom. The van der Waals surface area contributed by atoms with Crippen LogP contribution in [-0.2, 0) is 26.5 Å². The van der Waals surface area contributed by atoms with E-state index >= 15 is 0 Å². The molecule has 0 atom stereocenters. The molecule has 7 nitrogen and oxygen atoms in total. The topological polar surface area (TPSA) is 92.8 Å². The molecule has 1 rings (SSSR count). The molecule has 0 unspecified atom stereocenters. The van der Waals surface area contributed by atoms with Crippen molar-refractivity contribution >= 4 is 20.0 Å². The highest BCUT2D eigenvalue weighted by molar-refractivity contribution is 7.88. The van der Waals surface area contributed by atoms with E-state index in [-0.39, 0.29) is 19.6 Å². The Labute approximate surface area is 132 Å². The average molecular weight is 350 g/mol. The lowest BCUT2D eigenvalue weighted by atomic mass is 10.1. The zero-order chi connectivity index (χ0) is 16.8. The molecule has 0 aliphatic heterocycles. The highest BCUT2D eigenvalue weighted by Gasteiger charge is 2.16. The first kappa shape index (κ1) is 18.9. The Hall–Kier alpha value is -1.16. The first-order valence-corrected chi connectivity index (χ1v) is 10.4. The summed E-state index contributed by atoms with van der Waals surface area (Å²) >= 11 is 0. The Bertz CT molecular complexity index is 686. The first-order chi connectivity index (χ1) is 10.1. The van der Waals surface area contributed by atoms with Gasteiger partial charge in [-0.1, -0.05) is 12.1 Å². The van der Waals surface area contributed by atoms with Gasteiger partial charge in [0.2, 0.25) is 20.0 Å². The normalized spacial score (nSPS) is 12.5. The standard InChI is InChI=1S/C13H22N2O5S2/c1-20-13-6-4-5-12(11-13)7-9-15(22(3,18)19)10-8-14-21(2,16)17/h4-6,11,14H,7-10H2,1-3H3. The van der Waals surface area contributed by atoms with Gasteiger partial charge in [0.05, 0.1) is 19.6 Å². The SMILES string of the molecule is COc1cccc(CCN(CCNS(C)(=O)=O)S(C)(=O)=O)c1. The molecule has 0 aliphatic rings. The third-order valence-corrected chi connectivity index (χ3v) is 5.01. The number of nitrogens with one attached hydrogen (secondary N) is 1. The number of methoxy groups -OCH3 is 1. The number of benzene rings is 1. The van der Waals surface area contributed by atoms with Gasteiger partial charge in [-0.25, -0.2) is 25.9 Å². The van der Waals surface area contributed by atoms with Crippen LogP contribution in [0.5, 0.6) is 5.75 Å². The maximum Gasteiger partial charge on any atom is 0.211 e. The number of hydrogen-bond donors (Lipinski definition) is 1. The van der Waals surface area contributed by atoms with Crippen molar-refractivity contribution in [3.63, 3.8) is 0 Å². The number of nitrogens with zero attached hydrogens (tertiary/aromatic N) is 1. The largest absolute Gasteiger partial charge is 0.497 e. The fourth-order valence-electron chi connectivity index (χ4n) is 1.88. The quantitative estimate of drug-likeness (QED) is 0.679. The van der Waals surface area contributed by atoms with Gasteiger partial charge in [0, 0.05) is 19.6 Å². The monoisotopic (exact) mass is 350 g/mol. The van der Waals surface area contributed by atoms with E-state index < -0.39 is 20.0 Å². The highest BCUT2D eigenvalue weighted by Crippen LogP contribution is 2.13. The van der Waals surface area contributed by atoms with Gasteiger partial charge in [-0.05, 0) is 24.1 Å². The Morgan fingerprint density at radius 1 is 1.14 bits per heavy atom. The molecule has 0 saturated carbocycles. The summed E-state index contributed by atoms with van der Waals surface area (Å²) in [5.74, 6) is 0.710. The van der Waals surface area contributed by atoms with Crippen molar-refractivity contribution in [3.8, 4) is 5.75 Å². The van der Waals surface area contributed by atoms with Gasteiger partial charge in [0.15, 0.2) is 0 Å². The highest BCUT2D eigenvalue weighted by atomic mass is 32.2. The zero-order valence-electron chi connectivity index (χ0n) is 12.9. The molecule has 0 aliphatic carbocycles. The summed E-state index contributed by atoms with van der Waals surface area (Å²) in [6.07, 6.45) is 2.66. The van der Waals surface area contributed by atoms with E-state index in [0.717, 1.165) is 18.1 Å². The van der Waals surface area contributed by atoms with E-state index in [0.29, 0.717) is 12.2 Å². The minimum Gasteiger partial charge on any atom is -0.497 e. The maximum absolute atomic E-state index is 11.8. The molecule has 9 heteroatoms. The van der Waals surface area contributed by atoms with E-state index in [2.05, 4.69) is 4.72 Å². The predicted octanol–water partition coefficient (Wildman–Crippen LogP) is 0.0485. The molecule has 0 fully saturated rings. The lowest BCUT2D eigenvalue weighted by Gasteiger charge is -2.20. The molecule has 1 aromatic carbocycles. The van der Waals surface area contributed by atoms with Gasteiger partial charge in [-0.15, -0.1) is 0 Å². The Morgan fingerprint density at radius 3 is 2.36 bits per heavy atom. The minimum atomic E-state index is -3.40. The molecule has 1 N–H and O–H groups in total. The molecule has 0 heterocycles. The van der Waals surface area contributed by atoms with Crippen LogP contribution in [0.4, 0.5) is 0 Å². The smallest absolute Gasteiger partial charge is 0.211 e. The van der Waals surface area contributed by atoms with Gasteiger partial charge in [0.1, 0.15) is 5.75 Å². The van der Waals surface area contributed by atoms with Gasteiger partial charge in [-0.3, -0.25) is 0 Å². The lowest BCUT2D eigenvalue weighted by Crippen LogP contribution is -2.38. The second-order valence-electron chi connectivity index (χ2n) is 4.93. The molecule has 126 valence electrons. The molecule has 0 radical (unpaired) electrons. The molecule has 1 aromatic rings. The molecule has 0 saturated heterocycles. The van der Waals surface area contributed by atoms with E-state index in [1.807, 2.05) is 24.3 Å². The summed E-state index contributed by atoms with van der Waals surface area (Å²) in [6, 6.07) is 7.38. The zero-order valence-corrected chi connectivity index (χ0v) is 14.6. The van der Waals surface area contributed by atoms with Crippen LogP contribution in [0.25, 0.3) is 0 Å².